The van der Waals surface area contributed by atoms with Crippen LogP contribution in [0.15, 0.2) is 71.9 Å². The summed E-state index contributed by atoms with van der Waals surface area (Å²) in [4.78, 5) is 12.5. The van der Waals surface area contributed by atoms with E-state index in [2.05, 4.69) is 21.6 Å². The van der Waals surface area contributed by atoms with Crippen LogP contribution in [0.4, 0.5) is 4.39 Å². The number of hydrogen-bond donors (Lipinski definition) is 1. The number of hydrogen-bond acceptors (Lipinski definition) is 4. The third kappa shape index (κ3) is 5.55. The molecule has 9 heteroatoms. The van der Waals surface area contributed by atoms with Crippen molar-refractivity contribution in [2.45, 2.75) is 24.4 Å². The van der Waals surface area contributed by atoms with Gasteiger partial charge in [-0.15, -0.1) is 10.2 Å². The molecule has 1 amide bonds. The molecule has 4 aromatic rings. The second kappa shape index (κ2) is 10.4. The highest BCUT2D eigenvalue weighted by molar-refractivity contribution is 7.98. The zero-order chi connectivity index (χ0) is 23.4. The SMILES string of the molecule is Cc1cccc(CSc2nnc(CNC(=O)c3ccccc3F)n2-c2ccc(Cl)cc2Cl)c1. The number of thioether (sulfide) groups is 1. The molecular formula is C24H19Cl2FN4OS. The Balaban J connectivity index is 1.62. The molecule has 1 heterocycles. The number of nitrogens with one attached hydrogen (secondary N) is 1. The monoisotopic (exact) mass is 500 g/mol. The first-order chi connectivity index (χ1) is 15.9. The topological polar surface area (TPSA) is 59.8 Å². The number of halogens is 3. The van der Waals surface area contributed by atoms with Crippen LogP contribution in [0.5, 0.6) is 0 Å². The zero-order valence-electron chi connectivity index (χ0n) is 17.6. The molecule has 33 heavy (non-hydrogen) atoms. The van der Waals surface area contributed by atoms with E-state index in [0.717, 1.165) is 5.56 Å². The minimum absolute atomic E-state index is 0.0319. The van der Waals surface area contributed by atoms with Crippen molar-refractivity contribution in [2.75, 3.05) is 0 Å². The summed E-state index contributed by atoms with van der Waals surface area (Å²) in [5, 5.41) is 12.8. The van der Waals surface area contributed by atoms with E-state index in [0.29, 0.717) is 32.5 Å². The number of aryl methyl sites for hydroxylation is 1. The molecule has 0 spiro atoms. The highest BCUT2D eigenvalue weighted by Crippen LogP contribution is 2.31. The van der Waals surface area contributed by atoms with Crippen LogP contribution in [-0.2, 0) is 12.3 Å². The van der Waals surface area contributed by atoms with Crippen LogP contribution in [0.1, 0.15) is 27.3 Å². The fraction of sp³-hybridized carbons (Fsp3) is 0.125. The molecule has 0 fully saturated rings. The van der Waals surface area contributed by atoms with Gasteiger partial charge in [-0.2, -0.15) is 0 Å². The molecule has 0 unspecified atom stereocenters. The normalized spacial score (nSPS) is 10.9. The van der Waals surface area contributed by atoms with Gasteiger partial charge in [0, 0.05) is 10.8 Å². The molecule has 5 nitrogen and oxygen atoms in total. The quantitative estimate of drug-likeness (QED) is 0.305. The lowest BCUT2D eigenvalue weighted by Gasteiger charge is -2.13. The Labute approximate surface area is 204 Å². The smallest absolute Gasteiger partial charge is 0.254 e. The van der Waals surface area contributed by atoms with Crippen molar-refractivity contribution >= 4 is 40.9 Å². The van der Waals surface area contributed by atoms with E-state index in [4.69, 9.17) is 23.2 Å². The van der Waals surface area contributed by atoms with Crippen molar-refractivity contribution in [2.24, 2.45) is 0 Å². The predicted molar refractivity (Wildman–Crippen MR) is 130 cm³/mol. The summed E-state index contributed by atoms with van der Waals surface area (Å²) in [6.45, 7) is 2.07. The van der Waals surface area contributed by atoms with E-state index in [1.807, 2.05) is 25.1 Å². The van der Waals surface area contributed by atoms with Gasteiger partial charge in [0.1, 0.15) is 5.82 Å². The molecule has 168 valence electrons. The number of amides is 1. The van der Waals surface area contributed by atoms with Crippen molar-refractivity contribution in [3.05, 3.63) is 105 Å². The Bertz CT molecular complexity index is 1310. The Hall–Kier alpha value is -2.87. The van der Waals surface area contributed by atoms with Gasteiger partial charge in [-0.3, -0.25) is 9.36 Å². The number of nitrogens with zero attached hydrogens (tertiary/aromatic N) is 3. The lowest BCUT2D eigenvalue weighted by atomic mass is 10.2. The minimum Gasteiger partial charge on any atom is -0.345 e. The first-order valence-corrected chi connectivity index (χ1v) is 11.8. The van der Waals surface area contributed by atoms with E-state index >= 15 is 0 Å². The molecule has 4 rings (SSSR count). The van der Waals surface area contributed by atoms with Crippen molar-refractivity contribution in [3.63, 3.8) is 0 Å². The van der Waals surface area contributed by atoms with Crippen LogP contribution in [0.25, 0.3) is 5.69 Å². The molecule has 0 aliphatic heterocycles. The summed E-state index contributed by atoms with van der Waals surface area (Å²) in [7, 11) is 0. The first kappa shape index (κ1) is 23.3. The Kier molecular flexibility index (Phi) is 7.33. The maximum atomic E-state index is 14.0. The lowest BCUT2D eigenvalue weighted by Crippen LogP contribution is -2.25. The van der Waals surface area contributed by atoms with Gasteiger partial charge >= 0.3 is 0 Å². The van der Waals surface area contributed by atoms with E-state index in [-0.39, 0.29) is 12.1 Å². The van der Waals surface area contributed by atoms with Crippen molar-refractivity contribution < 1.29 is 9.18 Å². The van der Waals surface area contributed by atoms with E-state index < -0.39 is 11.7 Å². The molecule has 0 saturated heterocycles. The average Bonchev–Trinajstić information content (AvgIpc) is 3.19. The fourth-order valence-corrected chi connectivity index (χ4v) is 4.66. The van der Waals surface area contributed by atoms with Crippen LogP contribution in [0.3, 0.4) is 0 Å². The Morgan fingerprint density at radius 2 is 1.88 bits per heavy atom. The van der Waals surface area contributed by atoms with Gasteiger partial charge in [-0.1, -0.05) is 76.9 Å². The summed E-state index contributed by atoms with van der Waals surface area (Å²) in [5.74, 6) is -0.00633. The molecular weight excluding hydrogens is 482 g/mol. The predicted octanol–water partition coefficient (Wildman–Crippen LogP) is 6.24. The maximum absolute atomic E-state index is 14.0. The Morgan fingerprint density at radius 3 is 2.64 bits per heavy atom. The largest absolute Gasteiger partial charge is 0.345 e. The lowest BCUT2D eigenvalue weighted by molar-refractivity contribution is 0.0945. The molecule has 1 aromatic heterocycles. The number of benzene rings is 3. The van der Waals surface area contributed by atoms with Gasteiger partial charge in [0.15, 0.2) is 11.0 Å². The van der Waals surface area contributed by atoms with Crippen molar-refractivity contribution in [1.82, 2.24) is 20.1 Å². The second-order valence-electron chi connectivity index (χ2n) is 7.27. The summed E-state index contributed by atoms with van der Waals surface area (Å²) in [6, 6.07) is 19.1. The summed E-state index contributed by atoms with van der Waals surface area (Å²) >= 11 is 14.0. The van der Waals surface area contributed by atoms with Crippen LogP contribution < -0.4 is 5.32 Å². The van der Waals surface area contributed by atoms with Gasteiger partial charge in [-0.25, -0.2) is 4.39 Å². The average molecular weight is 501 g/mol. The van der Waals surface area contributed by atoms with Crippen LogP contribution in [0, 0.1) is 12.7 Å². The second-order valence-corrected chi connectivity index (χ2v) is 9.06. The molecule has 3 aromatic carbocycles. The standard InChI is InChI=1S/C24H19Cl2FN4OS/c1-15-5-4-6-16(11-15)14-33-24-30-29-22(31(24)21-10-9-17(25)12-19(21)26)13-28-23(32)18-7-2-3-8-20(18)27/h2-12H,13-14H2,1H3,(H,28,32). The summed E-state index contributed by atoms with van der Waals surface area (Å²) in [5.41, 5.74) is 2.91. The maximum Gasteiger partial charge on any atom is 0.254 e. The van der Waals surface area contributed by atoms with Crippen molar-refractivity contribution in [1.29, 1.82) is 0 Å². The third-order valence-corrected chi connectivity index (χ3v) is 6.36. The summed E-state index contributed by atoms with van der Waals surface area (Å²) in [6.07, 6.45) is 0. The van der Waals surface area contributed by atoms with Crippen LogP contribution in [0.2, 0.25) is 10.0 Å². The van der Waals surface area contributed by atoms with Gasteiger partial charge in [0.25, 0.3) is 5.91 Å². The van der Waals surface area contributed by atoms with Gasteiger partial charge in [0.2, 0.25) is 0 Å². The van der Waals surface area contributed by atoms with Gasteiger partial charge in [0.05, 0.1) is 22.8 Å². The van der Waals surface area contributed by atoms with E-state index in [1.54, 1.807) is 28.8 Å². The van der Waals surface area contributed by atoms with Crippen LogP contribution >= 0.6 is 35.0 Å². The Morgan fingerprint density at radius 1 is 1.06 bits per heavy atom. The number of carbonyl (C=O) groups excluding carboxylic acids is 1. The molecule has 0 aliphatic carbocycles. The molecule has 0 aliphatic rings. The number of rotatable bonds is 7. The van der Waals surface area contributed by atoms with Gasteiger partial charge in [-0.05, 0) is 42.8 Å². The van der Waals surface area contributed by atoms with Crippen molar-refractivity contribution in [3.8, 4) is 5.69 Å². The molecule has 0 radical (unpaired) electrons. The highest BCUT2D eigenvalue weighted by Gasteiger charge is 2.19. The minimum atomic E-state index is -0.591. The third-order valence-electron chi connectivity index (χ3n) is 4.83. The van der Waals surface area contributed by atoms with Crippen LogP contribution in [-0.4, -0.2) is 20.7 Å². The fourth-order valence-electron chi connectivity index (χ4n) is 3.26. The van der Waals surface area contributed by atoms with Gasteiger partial charge < -0.3 is 5.32 Å². The van der Waals surface area contributed by atoms with E-state index in [9.17, 15) is 9.18 Å². The van der Waals surface area contributed by atoms with E-state index in [1.165, 1.54) is 35.5 Å². The molecule has 0 atom stereocenters. The number of aromatic nitrogens is 3. The zero-order valence-corrected chi connectivity index (χ0v) is 19.9. The molecule has 0 bridgehead atoms. The highest BCUT2D eigenvalue weighted by atomic mass is 35.5. The molecule has 0 saturated carbocycles. The first-order valence-electron chi connectivity index (χ1n) is 10.0. The molecule has 1 N–H and O–H groups in total. The number of carbonyl (C=O) groups is 1. The summed E-state index contributed by atoms with van der Waals surface area (Å²) < 4.78 is 15.7.